The predicted octanol–water partition coefficient (Wildman–Crippen LogP) is 8.56. The van der Waals surface area contributed by atoms with Crippen LogP contribution >= 0.6 is 0 Å². The monoisotopic (exact) mass is 378 g/mol. The fourth-order valence-electron chi connectivity index (χ4n) is 5.34. The second-order valence-electron chi connectivity index (χ2n) is 8.13. The first-order chi connectivity index (χ1) is 14.9. The van der Waals surface area contributed by atoms with Gasteiger partial charge in [-0.2, -0.15) is 0 Å². The van der Waals surface area contributed by atoms with Gasteiger partial charge in [0.25, 0.3) is 0 Å². The Morgan fingerprint density at radius 2 is 1.00 bits per heavy atom. The van der Waals surface area contributed by atoms with Crippen LogP contribution in [0.25, 0.3) is 65.0 Å². The Kier molecular flexibility index (Phi) is 3.09. The van der Waals surface area contributed by atoms with Gasteiger partial charge in [0.15, 0.2) is 0 Å². The van der Waals surface area contributed by atoms with E-state index in [1.54, 1.807) is 0 Å². The zero-order valence-electron chi connectivity index (χ0n) is 16.4. The van der Waals surface area contributed by atoms with Gasteiger partial charge in [-0.25, -0.2) is 0 Å². The summed E-state index contributed by atoms with van der Waals surface area (Å²) in [4.78, 5) is 0. The highest BCUT2D eigenvalue weighted by molar-refractivity contribution is 6.38. The molecule has 138 valence electrons. The number of hydrogen-bond acceptors (Lipinski definition) is 0. The first-order valence-electron chi connectivity index (χ1n) is 10.5. The van der Waals surface area contributed by atoms with Crippen LogP contribution in [0.4, 0.5) is 0 Å². The summed E-state index contributed by atoms with van der Waals surface area (Å²) in [6.07, 6.45) is 0. The van der Waals surface area contributed by atoms with Crippen LogP contribution in [0.2, 0.25) is 0 Å². The van der Waals surface area contributed by atoms with Gasteiger partial charge in [0.05, 0.1) is 0 Å². The van der Waals surface area contributed by atoms with E-state index in [4.69, 9.17) is 0 Å². The lowest BCUT2D eigenvalue weighted by Gasteiger charge is -2.18. The molecular formula is C30H18. The lowest BCUT2D eigenvalue weighted by Crippen LogP contribution is -1.90. The molecule has 0 spiro atoms. The van der Waals surface area contributed by atoms with Gasteiger partial charge in [0, 0.05) is 0 Å². The second-order valence-corrected chi connectivity index (χ2v) is 8.13. The molecule has 0 heteroatoms. The summed E-state index contributed by atoms with van der Waals surface area (Å²) < 4.78 is 0. The molecule has 0 fully saturated rings. The molecule has 0 aliphatic heterocycles. The van der Waals surface area contributed by atoms with Crippen molar-refractivity contribution < 1.29 is 0 Å². The first-order valence-corrected chi connectivity index (χ1v) is 10.5. The Bertz CT molecular complexity index is 1720. The van der Waals surface area contributed by atoms with Gasteiger partial charge in [-0.15, -0.1) is 0 Å². The van der Waals surface area contributed by atoms with Gasteiger partial charge in [-0.3, -0.25) is 0 Å². The Balaban J connectivity index is 1.81. The number of benzene rings is 7. The minimum absolute atomic E-state index is 1.27. The lowest BCUT2D eigenvalue weighted by atomic mass is 9.85. The van der Waals surface area contributed by atoms with Crippen molar-refractivity contribution in [2.24, 2.45) is 0 Å². The molecule has 0 bridgehead atoms. The molecule has 30 heavy (non-hydrogen) atoms. The van der Waals surface area contributed by atoms with Crippen molar-refractivity contribution in [3.63, 3.8) is 0 Å². The first kappa shape index (κ1) is 16.0. The van der Waals surface area contributed by atoms with E-state index in [1.807, 2.05) is 0 Å². The minimum Gasteiger partial charge on any atom is -0.0622 e. The summed E-state index contributed by atoms with van der Waals surface area (Å²) >= 11 is 0. The highest BCUT2D eigenvalue weighted by atomic mass is 14.2. The molecule has 7 rings (SSSR count). The average Bonchev–Trinajstić information content (AvgIpc) is 2.82. The topological polar surface area (TPSA) is 0 Å². The van der Waals surface area contributed by atoms with Crippen molar-refractivity contribution in [2.45, 2.75) is 0 Å². The molecule has 0 atom stereocenters. The van der Waals surface area contributed by atoms with Crippen molar-refractivity contribution in [1.29, 1.82) is 0 Å². The van der Waals surface area contributed by atoms with E-state index in [9.17, 15) is 0 Å². The van der Waals surface area contributed by atoms with Crippen molar-refractivity contribution in [1.82, 2.24) is 0 Å². The smallest absolute Gasteiger partial charge is 0.00141 e. The third kappa shape index (κ3) is 2.00. The standard InChI is InChI=1S/C30H18/c1-2-8-19(9-3-1)22-16-17-27-29-24(22)14-7-15-26(29)25-13-6-11-21-18-20-10-4-5-12-23(20)30(27)28(21)25/h1-18H. The fraction of sp³-hybridized carbons (Fsp3) is 0. The van der Waals surface area contributed by atoms with Crippen LogP contribution in [0, 0.1) is 0 Å². The van der Waals surface area contributed by atoms with Gasteiger partial charge < -0.3 is 0 Å². The van der Waals surface area contributed by atoms with Crippen LogP contribution < -0.4 is 0 Å². The molecule has 0 saturated carbocycles. The molecule has 7 aromatic rings. The second kappa shape index (κ2) is 5.81. The molecule has 0 aliphatic carbocycles. The molecule has 0 aliphatic rings. The number of fused-ring (bicyclic) bond motifs is 4. The van der Waals surface area contributed by atoms with Gasteiger partial charge in [0.2, 0.25) is 0 Å². The maximum Gasteiger partial charge on any atom is -0.00141 e. The number of rotatable bonds is 1. The summed E-state index contributed by atoms with van der Waals surface area (Å²) in [5, 5.41) is 13.4. The van der Waals surface area contributed by atoms with E-state index in [2.05, 4.69) is 109 Å². The van der Waals surface area contributed by atoms with Gasteiger partial charge >= 0.3 is 0 Å². The van der Waals surface area contributed by atoms with Crippen molar-refractivity contribution >= 4 is 53.9 Å². The third-order valence-electron chi connectivity index (χ3n) is 6.57. The van der Waals surface area contributed by atoms with Crippen molar-refractivity contribution in [3.05, 3.63) is 109 Å². The predicted molar refractivity (Wildman–Crippen MR) is 131 cm³/mol. The Labute approximate surface area is 174 Å². The lowest BCUT2D eigenvalue weighted by molar-refractivity contribution is 1.67. The zero-order chi connectivity index (χ0) is 19.7. The summed E-state index contributed by atoms with van der Waals surface area (Å²) in [5.74, 6) is 0. The summed E-state index contributed by atoms with van der Waals surface area (Å²) in [7, 11) is 0. The third-order valence-corrected chi connectivity index (χ3v) is 6.57. The Hall–Kier alpha value is -3.90. The maximum absolute atomic E-state index is 2.34. The summed E-state index contributed by atoms with van der Waals surface area (Å²) in [6, 6.07) is 40.0. The zero-order valence-corrected chi connectivity index (χ0v) is 16.4. The molecule has 0 amide bonds. The molecule has 0 heterocycles. The molecule has 0 aromatic heterocycles. The maximum atomic E-state index is 2.34. The highest BCUT2D eigenvalue weighted by Crippen LogP contribution is 2.45. The molecule has 0 nitrogen and oxygen atoms in total. The van der Waals surface area contributed by atoms with Crippen LogP contribution in [0.5, 0.6) is 0 Å². The molecule has 0 N–H and O–H groups in total. The molecule has 0 unspecified atom stereocenters. The normalized spacial score (nSPS) is 12.0. The van der Waals surface area contributed by atoms with Crippen LogP contribution in [0.1, 0.15) is 0 Å². The van der Waals surface area contributed by atoms with Gasteiger partial charge in [-0.05, 0) is 71.1 Å². The van der Waals surface area contributed by atoms with Gasteiger partial charge in [-0.1, -0.05) is 103 Å². The Morgan fingerprint density at radius 3 is 1.90 bits per heavy atom. The SMILES string of the molecule is c1ccc(-c2ccc3c4c2cccc4c2cccc4cc5ccccc5c3c42)cc1. The molecule has 7 aromatic carbocycles. The Morgan fingerprint density at radius 1 is 0.333 bits per heavy atom. The van der Waals surface area contributed by atoms with Crippen molar-refractivity contribution in [3.8, 4) is 11.1 Å². The van der Waals surface area contributed by atoms with E-state index >= 15 is 0 Å². The largest absolute Gasteiger partial charge is 0.0622 e. The average molecular weight is 378 g/mol. The van der Waals surface area contributed by atoms with Gasteiger partial charge in [0.1, 0.15) is 0 Å². The quantitative estimate of drug-likeness (QED) is 0.198. The van der Waals surface area contributed by atoms with Crippen molar-refractivity contribution in [2.75, 3.05) is 0 Å². The summed E-state index contributed by atoms with van der Waals surface area (Å²) in [5.41, 5.74) is 2.56. The molecule has 0 saturated heterocycles. The van der Waals surface area contributed by atoms with Crippen LogP contribution in [-0.2, 0) is 0 Å². The number of hydrogen-bond donors (Lipinski definition) is 0. The van der Waals surface area contributed by atoms with E-state index in [1.165, 1.54) is 65.0 Å². The summed E-state index contributed by atoms with van der Waals surface area (Å²) in [6.45, 7) is 0. The highest BCUT2D eigenvalue weighted by Gasteiger charge is 2.16. The molecule has 0 radical (unpaired) electrons. The van der Waals surface area contributed by atoms with E-state index in [-0.39, 0.29) is 0 Å². The van der Waals surface area contributed by atoms with Crippen LogP contribution in [0.3, 0.4) is 0 Å². The van der Waals surface area contributed by atoms with E-state index < -0.39 is 0 Å². The van der Waals surface area contributed by atoms with Crippen LogP contribution in [0.15, 0.2) is 109 Å². The minimum atomic E-state index is 1.27. The van der Waals surface area contributed by atoms with E-state index in [0.29, 0.717) is 0 Å². The molecular weight excluding hydrogens is 360 g/mol. The van der Waals surface area contributed by atoms with E-state index in [0.717, 1.165) is 0 Å². The van der Waals surface area contributed by atoms with Crippen LogP contribution in [-0.4, -0.2) is 0 Å². The fourth-order valence-corrected chi connectivity index (χ4v) is 5.34.